The molecule has 0 radical (unpaired) electrons. The monoisotopic (exact) mass is 369 g/mol. The Morgan fingerprint density at radius 1 is 1.19 bits per heavy atom. The number of carbonyl (C=O) groups is 2. The van der Waals surface area contributed by atoms with Crippen molar-refractivity contribution in [1.29, 1.82) is 0 Å². The average Bonchev–Trinajstić information content (AvgIpc) is 3.08. The maximum absolute atomic E-state index is 12.4. The largest absolute Gasteiger partial charge is 0.461 e. The predicted molar refractivity (Wildman–Crippen MR) is 103 cm³/mol. The topological polar surface area (TPSA) is 46.6 Å². The van der Waals surface area contributed by atoms with Crippen LogP contribution in [0, 0.1) is 5.92 Å². The fourth-order valence-corrected chi connectivity index (χ4v) is 3.58. The van der Waals surface area contributed by atoms with E-state index < -0.39 is 0 Å². The number of hydrogen-bond donors (Lipinski definition) is 0. The van der Waals surface area contributed by atoms with Gasteiger partial charge in [-0.3, -0.25) is 9.59 Å². The lowest BCUT2D eigenvalue weighted by Gasteiger charge is -2.25. The second-order valence-corrected chi connectivity index (χ2v) is 7.37. The van der Waals surface area contributed by atoms with Crippen LogP contribution in [0.3, 0.4) is 0 Å². The number of rotatable bonds is 6. The fourth-order valence-electron chi connectivity index (χ4n) is 3.17. The zero-order chi connectivity index (χ0) is 18.5. The maximum Gasteiger partial charge on any atom is 0.311 e. The molecule has 136 valence electrons. The molecule has 2 atom stereocenters. The van der Waals surface area contributed by atoms with Gasteiger partial charge in [0.25, 0.3) is 0 Å². The molecule has 0 N–H and O–H groups in total. The van der Waals surface area contributed by atoms with Crippen molar-refractivity contribution >= 4 is 23.6 Å². The van der Waals surface area contributed by atoms with E-state index in [1.807, 2.05) is 67.8 Å². The number of carbonyl (C=O) groups excluding carboxylic acids is 2. The Hall–Kier alpha value is -2.27. The number of thioether (sulfide) groups is 1. The summed E-state index contributed by atoms with van der Waals surface area (Å²) in [7, 11) is 0. The molecule has 0 bridgehead atoms. The number of amides is 1. The number of hydrogen-bond acceptors (Lipinski definition) is 4. The van der Waals surface area contributed by atoms with Crippen LogP contribution in [0.15, 0.2) is 59.5 Å². The standard InChI is InChI=1S/C21H23NO3S/c1-15(17-6-4-3-5-7-17)22-13-18(12-20(22)23)21(24)25-14-16-8-10-19(26-2)11-9-16/h3-11,15,18H,12-14H2,1-2H3/t15-,18+/m1/s1. The molecule has 0 aliphatic carbocycles. The molecule has 0 saturated carbocycles. The fraction of sp³-hybridized carbons (Fsp3) is 0.333. The lowest BCUT2D eigenvalue weighted by molar-refractivity contribution is -0.149. The number of likely N-dealkylation sites (tertiary alicyclic amines) is 1. The molecule has 4 nitrogen and oxygen atoms in total. The van der Waals surface area contributed by atoms with Gasteiger partial charge in [0.15, 0.2) is 0 Å². The van der Waals surface area contributed by atoms with E-state index in [0.29, 0.717) is 6.54 Å². The Labute approximate surface area is 158 Å². The molecule has 0 aromatic heterocycles. The summed E-state index contributed by atoms with van der Waals surface area (Å²) < 4.78 is 5.44. The highest BCUT2D eigenvalue weighted by Gasteiger charge is 2.37. The summed E-state index contributed by atoms with van der Waals surface area (Å²) >= 11 is 1.67. The lowest BCUT2D eigenvalue weighted by Crippen LogP contribution is -2.29. The Kier molecular flexibility index (Phi) is 5.99. The summed E-state index contributed by atoms with van der Waals surface area (Å²) in [6.45, 7) is 2.65. The number of esters is 1. The lowest BCUT2D eigenvalue weighted by atomic mass is 10.1. The van der Waals surface area contributed by atoms with Crippen molar-refractivity contribution in [3.05, 3.63) is 65.7 Å². The molecule has 2 aromatic carbocycles. The minimum Gasteiger partial charge on any atom is -0.461 e. The van der Waals surface area contributed by atoms with Gasteiger partial charge in [-0.15, -0.1) is 11.8 Å². The summed E-state index contributed by atoms with van der Waals surface area (Å²) in [5.74, 6) is -0.679. The molecule has 1 aliphatic heterocycles. The SMILES string of the molecule is CSc1ccc(COC(=O)[C@H]2CC(=O)N([C@H](C)c3ccccc3)C2)cc1. The van der Waals surface area contributed by atoms with Crippen molar-refractivity contribution in [3.8, 4) is 0 Å². The van der Waals surface area contributed by atoms with Crippen LogP contribution in [0.4, 0.5) is 0 Å². The third kappa shape index (κ3) is 4.28. The quantitative estimate of drug-likeness (QED) is 0.569. The predicted octanol–water partition coefficient (Wildman–Crippen LogP) is 4.06. The van der Waals surface area contributed by atoms with Gasteiger partial charge in [-0.05, 0) is 36.4 Å². The van der Waals surface area contributed by atoms with Crippen LogP contribution in [-0.4, -0.2) is 29.6 Å². The van der Waals surface area contributed by atoms with Gasteiger partial charge in [-0.2, -0.15) is 0 Å². The van der Waals surface area contributed by atoms with Crippen LogP contribution >= 0.6 is 11.8 Å². The van der Waals surface area contributed by atoms with Crippen molar-refractivity contribution in [2.45, 2.75) is 30.9 Å². The molecule has 0 spiro atoms. The minimum absolute atomic E-state index is 0.00706. The first kappa shape index (κ1) is 18.5. The third-order valence-corrected chi connectivity index (χ3v) is 5.52. The van der Waals surface area contributed by atoms with Crippen molar-refractivity contribution in [1.82, 2.24) is 4.90 Å². The van der Waals surface area contributed by atoms with Crippen LogP contribution < -0.4 is 0 Å². The van der Waals surface area contributed by atoms with E-state index in [1.54, 1.807) is 16.7 Å². The minimum atomic E-state index is -0.390. The highest BCUT2D eigenvalue weighted by Crippen LogP contribution is 2.29. The first-order valence-corrected chi connectivity index (χ1v) is 9.95. The highest BCUT2D eigenvalue weighted by molar-refractivity contribution is 7.98. The second kappa shape index (κ2) is 8.41. The molecule has 1 fully saturated rings. The van der Waals surface area contributed by atoms with Gasteiger partial charge in [0.2, 0.25) is 5.91 Å². The molecule has 1 amide bonds. The highest BCUT2D eigenvalue weighted by atomic mass is 32.2. The van der Waals surface area contributed by atoms with Gasteiger partial charge in [-0.1, -0.05) is 42.5 Å². The zero-order valence-corrected chi connectivity index (χ0v) is 15.9. The van der Waals surface area contributed by atoms with Gasteiger partial charge in [0.1, 0.15) is 6.61 Å². The third-order valence-electron chi connectivity index (χ3n) is 4.78. The van der Waals surface area contributed by atoms with E-state index in [9.17, 15) is 9.59 Å². The second-order valence-electron chi connectivity index (χ2n) is 6.49. The van der Waals surface area contributed by atoms with Gasteiger partial charge in [0, 0.05) is 17.9 Å². The Bertz CT molecular complexity index is 761. The van der Waals surface area contributed by atoms with Crippen molar-refractivity contribution in [2.75, 3.05) is 12.8 Å². The van der Waals surface area contributed by atoms with Crippen molar-refractivity contribution < 1.29 is 14.3 Å². The van der Waals surface area contributed by atoms with Crippen molar-refractivity contribution in [2.24, 2.45) is 5.92 Å². The summed E-state index contributed by atoms with van der Waals surface area (Å²) in [4.78, 5) is 27.7. The Morgan fingerprint density at radius 3 is 2.54 bits per heavy atom. The van der Waals surface area contributed by atoms with Crippen LogP contribution in [0.5, 0.6) is 0 Å². The smallest absolute Gasteiger partial charge is 0.311 e. The number of ether oxygens (including phenoxy) is 1. The molecular weight excluding hydrogens is 346 g/mol. The van der Waals surface area contributed by atoms with Gasteiger partial charge >= 0.3 is 5.97 Å². The molecule has 3 rings (SSSR count). The Morgan fingerprint density at radius 2 is 1.88 bits per heavy atom. The first-order chi connectivity index (χ1) is 12.6. The van der Waals surface area contributed by atoms with E-state index >= 15 is 0 Å². The molecule has 1 saturated heterocycles. The van der Waals surface area contributed by atoms with Crippen LogP contribution in [0.25, 0.3) is 0 Å². The van der Waals surface area contributed by atoms with E-state index in [-0.39, 0.29) is 36.9 Å². The summed E-state index contributed by atoms with van der Waals surface area (Å²) in [5, 5.41) is 0. The van der Waals surface area contributed by atoms with Gasteiger partial charge < -0.3 is 9.64 Å². The van der Waals surface area contributed by atoms with E-state index in [4.69, 9.17) is 4.74 Å². The first-order valence-electron chi connectivity index (χ1n) is 8.72. The van der Waals surface area contributed by atoms with Gasteiger partial charge in [0.05, 0.1) is 12.0 Å². The van der Waals surface area contributed by atoms with Crippen LogP contribution in [-0.2, 0) is 20.9 Å². The van der Waals surface area contributed by atoms with E-state index in [1.165, 1.54) is 4.90 Å². The normalized spacial score (nSPS) is 18.0. The maximum atomic E-state index is 12.4. The van der Waals surface area contributed by atoms with E-state index in [2.05, 4.69) is 0 Å². The van der Waals surface area contributed by atoms with Crippen LogP contribution in [0.2, 0.25) is 0 Å². The molecule has 1 heterocycles. The van der Waals surface area contributed by atoms with Gasteiger partial charge in [-0.25, -0.2) is 0 Å². The summed E-state index contributed by atoms with van der Waals surface area (Å²) in [6.07, 6.45) is 2.25. The zero-order valence-electron chi connectivity index (χ0n) is 15.1. The van der Waals surface area contributed by atoms with Crippen molar-refractivity contribution in [3.63, 3.8) is 0 Å². The molecule has 26 heavy (non-hydrogen) atoms. The number of benzene rings is 2. The summed E-state index contributed by atoms with van der Waals surface area (Å²) in [5.41, 5.74) is 2.03. The van der Waals surface area contributed by atoms with Crippen LogP contribution in [0.1, 0.15) is 30.5 Å². The molecule has 5 heteroatoms. The number of nitrogens with zero attached hydrogens (tertiary/aromatic N) is 1. The average molecular weight is 369 g/mol. The Balaban J connectivity index is 1.56. The molecule has 2 aromatic rings. The molecule has 1 aliphatic rings. The summed E-state index contributed by atoms with van der Waals surface area (Å²) in [6, 6.07) is 17.8. The molecular formula is C21H23NO3S. The van der Waals surface area contributed by atoms with E-state index in [0.717, 1.165) is 11.1 Å². The molecule has 0 unspecified atom stereocenters.